The van der Waals surface area contributed by atoms with E-state index in [4.69, 9.17) is 16.3 Å². The third kappa shape index (κ3) is 5.71. The van der Waals surface area contributed by atoms with E-state index >= 15 is 0 Å². The Morgan fingerprint density at radius 1 is 1.07 bits per heavy atom. The number of hydrazine groups is 1. The summed E-state index contributed by atoms with van der Waals surface area (Å²) in [5, 5.41) is 3.33. The molecule has 3 N–H and O–H groups in total. The number of ether oxygens (including phenoxy) is 1. The maximum atomic E-state index is 12.1. The molecule has 2 aromatic rings. The van der Waals surface area contributed by atoms with Crippen LogP contribution in [-0.2, 0) is 9.59 Å². The van der Waals surface area contributed by atoms with Crippen molar-refractivity contribution in [3.8, 4) is 5.75 Å². The predicted octanol–water partition coefficient (Wildman–Crippen LogP) is 3.29. The van der Waals surface area contributed by atoms with Crippen molar-refractivity contribution >= 4 is 50.9 Å². The van der Waals surface area contributed by atoms with Gasteiger partial charge >= 0.3 is 0 Å². The van der Waals surface area contributed by atoms with E-state index in [0.717, 1.165) is 12.8 Å². The van der Waals surface area contributed by atoms with Gasteiger partial charge in [-0.05, 0) is 71.2 Å². The number of amides is 3. The highest BCUT2D eigenvalue weighted by molar-refractivity contribution is 9.10. The van der Waals surface area contributed by atoms with E-state index in [1.807, 2.05) is 0 Å². The van der Waals surface area contributed by atoms with Gasteiger partial charge in [0.2, 0.25) is 5.91 Å². The zero-order valence-corrected chi connectivity index (χ0v) is 17.0. The number of carbonyl (C=O) groups is 3. The second-order valence-corrected chi connectivity index (χ2v) is 7.50. The molecule has 0 radical (unpaired) electrons. The van der Waals surface area contributed by atoms with Gasteiger partial charge in [0, 0.05) is 22.2 Å². The SMILES string of the molecule is O=C(COc1ccc(Cl)cc1Br)NNC(=O)c1ccc(NC(=O)C2CC2)cc1. The number of hydrogen-bond donors (Lipinski definition) is 3. The van der Waals surface area contributed by atoms with E-state index in [1.165, 1.54) is 0 Å². The van der Waals surface area contributed by atoms with Crippen molar-refractivity contribution in [3.63, 3.8) is 0 Å². The molecule has 146 valence electrons. The summed E-state index contributed by atoms with van der Waals surface area (Å²) in [7, 11) is 0. The Morgan fingerprint density at radius 2 is 1.79 bits per heavy atom. The fourth-order valence-electron chi connectivity index (χ4n) is 2.27. The van der Waals surface area contributed by atoms with Crippen molar-refractivity contribution < 1.29 is 19.1 Å². The van der Waals surface area contributed by atoms with Crippen LogP contribution in [0.2, 0.25) is 5.02 Å². The van der Waals surface area contributed by atoms with Crippen LogP contribution in [0.5, 0.6) is 5.75 Å². The first kappa shape index (κ1) is 20.2. The number of nitrogens with one attached hydrogen (secondary N) is 3. The highest BCUT2D eigenvalue weighted by Crippen LogP contribution is 2.30. The maximum Gasteiger partial charge on any atom is 0.276 e. The molecule has 0 saturated heterocycles. The largest absolute Gasteiger partial charge is 0.483 e. The summed E-state index contributed by atoms with van der Waals surface area (Å²) in [5.74, 6) is -0.454. The molecule has 0 aromatic heterocycles. The van der Waals surface area contributed by atoms with Gasteiger partial charge in [0.05, 0.1) is 4.47 Å². The van der Waals surface area contributed by atoms with Crippen LogP contribution in [0, 0.1) is 5.92 Å². The summed E-state index contributed by atoms with van der Waals surface area (Å²) in [4.78, 5) is 35.6. The Bertz CT molecular complexity index is 901. The third-order valence-electron chi connectivity index (χ3n) is 3.93. The Hall–Kier alpha value is -2.58. The smallest absolute Gasteiger partial charge is 0.276 e. The van der Waals surface area contributed by atoms with Gasteiger partial charge in [-0.1, -0.05) is 11.6 Å². The lowest BCUT2D eigenvalue weighted by molar-refractivity contribution is -0.123. The monoisotopic (exact) mass is 465 g/mol. The molecule has 28 heavy (non-hydrogen) atoms. The summed E-state index contributed by atoms with van der Waals surface area (Å²) < 4.78 is 5.98. The molecule has 0 heterocycles. The minimum absolute atomic E-state index is 0.00297. The van der Waals surface area contributed by atoms with Gasteiger partial charge in [-0.15, -0.1) is 0 Å². The molecule has 1 saturated carbocycles. The van der Waals surface area contributed by atoms with Crippen LogP contribution in [-0.4, -0.2) is 24.3 Å². The zero-order chi connectivity index (χ0) is 20.1. The van der Waals surface area contributed by atoms with Gasteiger partial charge in [0.25, 0.3) is 11.8 Å². The lowest BCUT2D eigenvalue weighted by Gasteiger charge is -2.10. The maximum absolute atomic E-state index is 12.1. The molecule has 1 aliphatic rings. The molecule has 3 amide bonds. The first-order valence-electron chi connectivity index (χ1n) is 8.50. The van der Waals surface area contributed by atoms with Crippen LogP contribution in [0.15, 0.2) is 46.9 Å². The van der Waals surface area contributed by atoms with Crippen molar-refractivity contribution in [2.75, 3.05) is 11.9 Å². The molecule has 3 rings (SSSR count). The van der Waals surface area contributed by atoms with Crippen molar-refractivity contribution in [2.45, 2.75) is 12.8 Å². The highest BCUT2D eigenvalue weighted by atomic mass is 79.9. The molecule has 1 fully saturated rings. The molecule has 9 heteroatoms. The Kier molecular flexibility index (Phi) is 6.53. The Labute approximate surface area is 174 Å². The zero-order valence-electron chi connectivity index (χ0n) is 14.6. The van der Waals surface area contributed by atoms with Crippen LogP contribution in [0.4, 0.5) is 5.69 Å². The first-order valence-corrected chi connectivity index (χ1v) is 9.67. The minimum Gasteiger partial charge on any atom is -0.483 e. The van der Waals surface area contributed by atoms with E-state index in [2.05, 4.69) is 32.1 Å². The van der Waals surface area contributed by atoms with Crippen molar-refractivity contribution in [1.82, 2.24) is 10.9 Å². The van der Waals surface area contributed by atoms with Crippen molar-refractivity contribution in [3.05, 3.63) is 57.5 Å². The number of benzene rings is 2. The molecular weight excluding hydrogens is 450 g/mol. The second-order valence-electron chi connectivity index (χ2n) is 6.21. The fraction of sp³-hybridized carbons (Fsp3) is 0.211. The molecule has 7 nitrogen and oxygen atoms in total. The predicted molar refractivity (Wildman–Crippen MR) is 108 cm³/mol. The van der Waals surface area contributed by atoms with Gasteiger partial charge in [0.1, 0.15) is 5.75 Å². The average molecular weight is 467 g/mol. The van der Waals surface area contributed by atoms with Crippen molar-refractivity contribution in [1.29, 1.82) is 0 Å². The quantitative estimate of drug-likeness (QED) is 0.569. The van der Waals surface area contributed by atoms with Crippen LogP contribution >= 0.6 is 27.5 Å². The topological polar surface area (TPSA) is 96.5 Å². The number of halogens is 2. The number of anilines is 1. The van der Waals surface area contributed by atoms with Crippen LogP contribution < -0.4 is 20.9 Å². The summed E-state index contributed by atoms with van der Waals surface area (Å²) in [5.41, 5.74) is 5.55. The lowest BCUT2D eigenvalue weighted by Crippen LogP contribution is -2.43. The Balaban J connectivity index is 1.43. The van der Waals surface area contributed by atoms with Crippen molar-refractivity contribution in [2.24, 2.45) is 5.92 Å². The van der Waals surface area contributed by atoms with Gasteiger partial charge in [-0.25, -0.2) is 0 Å². The van der Waals surface area contributed by atoms with Gasteiger partial charge in [-0.3, -0.25) is 25.2 Å². The minimum atomic E-state index is -0.525. The molecule has 2 aromatic carbocycles. The van der Waals surface area contributed by atoms with Gasteiger partial charge in [0.15, 0.2) is 6.61 Å². The summed E-state index contributed by atoms with van der Waals surface area (Å²) in [6.07, 6.45) is 1.84. The molecular formula is C19H17BrClN3O4. The highest BCUT2D eigenvalue weighted by Gasteiger charge is 2.29. The number of carbonyl (C=O) groups excluding carboxylic acids is 3. The normalized spacial score (nSPS) is 12.8. The standard InChI is InChI=1S/C19H17BrClN3O4/c20-15-9-13(21)5-8-16(15)28-10-17(25)23-24-19(27)12-3-6-14(7-4-12)22-18(26)11-1-2-11/h3-9,11H,1-2,10H2,(H,22,26)(H,23,25)(H,24,27). The third-order valence-corrected chi connectivity index (χ3v) is 4.79. The van der Waals surface area contributed by atoms with Crippen LogP contribution in [0.1, 0.15) is 23.2 Å². The summed E-state index contributed by atoms with van der Waals surface area (Å²) in [6, 6.07) is 11.3. The molecule has 1 aliphatic carbocycles. The summed E-state index contributed by atoms with van der Waals surface area (Å²) >= 11 is 9.13. The fourth-order valence-corrected chi connectivity index (χ4v) is 3.06. The van der Waals surface area contributed by atoms with Gasteiger partial charge in [-0.2, -0.15) is 0 Å². The van der Waals surface area contributed by atoms with E-state index < -0.39 is 11.8 Å². The Morgan fingerprint density at radius 3 is 2.43 bits per heavy atom. The molecule has 0 spiro atoms. The van der Waals surface area contributed by atoms with Crippen LogP contribution in [0.25, 0.3) is 0 Å². The van der Waals surface area contributed by atoms with Gasteiger partial charge < -0.3 is 10.1 Å². The second kappa shape index (κ2) is 9.07. The average Bonchev–Trinajstić information content (AvgIpc) is 3.51. The van der Waals surface area contributed by atoms with E-state index in [9.17, 15) is 14.4 Å². The molecule has 0 atom stereocenters. The number of hydrogen-bond acceptors (Lipinski definition) is 4. The summed E-state index contributed by atoms with van der Waals surface area (Å²) in [6.45, 7) is -0.285. The van der Waals surface area contributed by atoms with E-state index in [-0.39, 0.29) is 18.4 Å². The molecule has 0 aliphatic heterocycles. The van der Waals surface area contributed by atoms with Crippen LogP contribution in [0.3, 0.4) is 0 Å². The molecule has 0 unspecified atom stereocenters. The van der Waals surface area contributed by atoms with E-state index in [1.54, 1.807) is 42.5 Å². The van der Waals surface area contributed by atoms with E-state index in [0.29, 0.717) is 26.5 Å². The molecule has 0 bridgehead atoms. The number of rotatable bonds is 6. The lowest BCUT2D eigenvalue weighted by atomic mass is 10.2. The first-order chi connectivity index (χ1) is 13.4.